The SMILES string of the molecule is Cc1cc2c(cc1N1c3cc(C(C)(C)C)ccc3B3c4cc5c(cc4N(c4cc6c(cc4C)C(C)(C)CC6(C)C)c4cc(N(c6ccccc6)c6ccccc6)cc1c43)C(C)(C)CCC5(C)C)C(C)(C)CC2(C)C. The third kappa shape index (κ3) is 7.26. The smallest absolute Gasteiger partial charge is 0.252 e. The molecule has 0 saturated heterocycles. The molecule has 12 rings (SSSR count). The monoisotopic (exact) mass is 974 g/mol. The summed E-state index contributed by atoms with van der Waals surface area (Å²) in [5.74, 6) is 0. The normalized spacial score (nSPS) is 19.5. The molecule has 0 fully saturated rings. The van der Waals surface area contributed by atoms with Gasteiger partial charge in [-0.05, 0) is 205 Å². The van der Waals surface area contributed by atoms with Crippen molar-refractivity contribution < 1.29 is 0 Å². The van der Waals surface area contributed by atoms with Gasteiger partial charge in [0, 0.05) is 45.5 Å². The van der Waals surface area contributed by atoms with Crippen LogP contribution in [-0.2, 0) is 37.9 Å². The van der Waals surface area contributed by atoms with E-state index in [9.17, 15) is 0 Å². The van der Waals surface area contributed by atoms with Crippen molar-refractivity contribution in [2.75, 3.05) is 14.7 Å². The van der Waals surface area contributed by atoms with Crippen molar-refractivity contribution in [3.8, 4) is 0 Å². The van der Waals surface area contributed by atoms with E-state index in [0.29, 0.717) is 0 Å². The average Bonchev–Trinajstić information content (AvgIpc) is 3.62. The molecule has 4 heteroatoms. The predicted molar refractivity (Wildman–Crippen MR) is 320 cm³/mol. The lowest BCUT2D eigenvalue weighted by molar-refractivity contribution is 0.332. The summed E-state index contributed by atoms with van der Waals surface area (Å²) in [5, 5.41) is 0. The zero-order chi connectivity index (χ0) is 52.6. The van der Waals surface area contributed by atoms with E-state index in [4.69, 9.17) is 0 Å². The molecule has 2 aliphatic heterocycles. The van der Waals surface area contributed by atoms with E-state index in [-0.39, 0.29) is 44.6 Å². The highest BCUT2D eigenvalue weighted by Gasteiger charge is 2.50. The van der Waals surface area contributed by atoms with Gasteiger partial charge >= 0.3 is 0 Å². The third-order valence-corrected chi connectivity index (χ3v) is 19.0. The molecule has 0 atom stereocenters. The van der Waals surface area contributed by atoms with Gasteiger partial charge in [0.25, 0.3) is 6.71 Å². The Morgan fingerprint density at radius 3 is 1.23 bits per heavy atom. The average molecular weight is 974 g/mol. The molecule has 0 bridgehead atoms. The van der Waals surface area contributed by atoms with Gasteiger partial charge in [-0.15, -0.1) is 0 Å². The summed E-state index contributed by atoms with van der Waals surface area (Å²) >= 11 is 0. The summed E-state index contributed by atoms with van der Waals surface area (Å²) in [6, 6.07) is 50.6. The Balaban J connectivity index is 1.27. The first-order chi connectivity index (χ1) is 34.6. The number of hydrogen-bond acceptors (Lipinski definition) is 3. The molecular weight excluding hydrogens is 894 g/mol. The van der Waals surface area contributed by atoms with Crippen molar-refractivity contribution in [2.24, 2.45) is 0 Å². The molecule has 0 unspecified atom stereocenters. The number of para-hydroxylation sites is 2. The molecule has 378 valence electrons. The number of benzene rings is 7. The van der Waals surface area contributed by atoms with E-state index >= 15 is 0 Å². The lowest BCUT2D eigenvalue weighted by atomic mass is 9.33. The maximum Gasteiger partial charge on any atom is 0.252 e. The van der Waals surface area contributed by atoms with Crippen LogP contribution in [-0.4, -0.2) is 6.71 Å². The van der Waals surface area contributed by atoms with Crippen molar-refractivity contribution >= 4 is 74.3 Å². The van der Waals surface area contributed by atoms with Crippen LogP contribution < -0.4 is 31.1 Å². The molecule has 7 aromatic carbocycles. The standard InChI is InChI=1S/C70H80BN3/c1-43-32-49-53(69(14,15)41-67(49,10)11)38-57(43)73-59-34-45(64(3,4)5)28-29-55(59)71-56-37-51-52(66(8,9)31-30-65(51,6)7)40-60(56)74(58-39-54-50(33-44(58)2)68(12,13)42-70(54,16)17)62-36-48(35-61(73)63(62)71)72(46-24-20-18-21-25-46)47-26-22-19-23-27-47/h18-29,32-40H,30-31,41-42H2,1-17H3. The Morgan fingerprint density at radius 1 is 0.392 bits per heavy atom. The quantitative estimate of drug-likeness (QED) is 0.159. The van der Waals surface area contributed by atoms with Gasteiger partial charge in [0.2, 0.25) is 0 Å². The zero-order valence-corrected chi connectivity index (χ0v) is 47.9. The van der Waals surface area contributed by atoms with Crippen molar-refractivity contribution in [1.82, 2.24) is 0 Å². The van der Waals surface area contributed by atoms with E-state index in [1.165, 1.54) is 107 Å². The number of hydrogen-bond donors (Lipinski definition) is 0. The van der Waals surface area contributed by atoms with E-state index in [2.05, 4.69) is 260 Å². The Hall–Kier alpha value is -6.00. The highest BCUT2D eigenvalue weighted by molar-refractivity contribution is 7.00. The zero-order valence-electron chi connectivity index (χ0n) is 47.9. The van der Waals surface area contributed by atoms with Gasteiger partial charge < -0.3 is 14.7 Å². The van der Waals surface area contributed by atoms with Crippen molar-refractivity contribution in [1.29, 1.82) is 0 Å². The minimum Gasteiger partial charge on any atom is -0.311 e. The number of aryl methyl sites for hydroxylation is 2. The number of fused-ring (bicyclic) bond motifs is 7. The Labute approximate surface area is 445 Å². The summed E-state index contributed by atoms with van der Waals surface area (Å²) in [6.07, 6.45) is 4.57. The molecule has 3 nitrogen and oxygen atoms in total. The van der Waals surface area contributed by atoms with Crippen LogP contribution in [0.4, 0.5) is 51.2 Å². The van der Waals surface area contributed by atoms with E-state index in [0.717, 1.165) is 36.3 Å². The maximum atomic E-state index is 2.76. The number of nitrogens with zero attached hydrogens (tertiary/aromatic N) is 3. The van der Waals surface area contributed by atoms with Crippen molar-refractivity contribution in [3.63, 3.8) is 0 Å². The summed E-state index contributed by atoms with van der Waals surface area (Å²) in [4.78, 5) is 7.98. The fraction of sp³-hybridized carbons (Fsp3) is 0.400. The first-order valence-corrected chi connectivity index (χ1v) is 27.9. The topological polar surface area (TPSA) is 9.72 Å². The summed E-state index contributed by atoms with van der Waals surface area (Å²) in [5.41, 5.74) is 28.4. The van der Waals surface area contributed by atoms with Crippen LogP contribution in [0.1, 0.15) is 180 Å². The summed E-state index contributed by atoms with van der Waals surface area (Å²) < 4.78 is 0. The molecule has 7 aromatic rings. The van der Waals surface area contributed by atoms with E-state index < -0.39 is 0 Å². The summed E-state index contributed by atoms with van der Waals surface area (Å²) in [7, 11) is 0. The van der Waals surface area contributed by atoms with E-state index in [1.807, 2.05) is 0 Å². The largest absolute Gasteiger partial charge is 0.311 e. The second-order valence-corrected chi connectivity index (χ2v) is 28.5. The predicted octanol–water partition coefficient (Wildman–Crippen LogP) is 17.4. The van der Waals surface area contributed by atoms with Crippen LogP contribution in [0.15, 0.2) is 127 Å². The molecular formula is C70H80BN3. The molecule has 0 saturated carbocycles. The molecule has 0 spiro atoms. The van der Waals surface area contributed by atoms with Crippen LogP contribution in [0.5, 0.6) is 0 Å². The minimum absolute atomic E-state index is 0.0103. The Bertz CT molecular complexity index is 3410. The lowest BCUT2D eigenvalue weighted by Gasteiger charge is -2.48. The Kier molecular flexibility index (Phi) is 10.4. The molecule has 0 radical (unpaired) electrons. The van der Waals surface area contributed by atoms with Gasteiger partial charge in [-0.1, -0.05) is 171 Å². The van der Waals surface area contributed by atoms with Crippen LogP contribution in [0.3, 0.4) is 0 Å². The second kappa shape index (κ2) is 15.8. The third-order valence-electron chi connectivity index (χ3n) is 19.0. The van der Waals surface area contributed by atoms with Crippen LogP contribution in [0, 0.1) is 13.8 Å². The molecule has 0 amide bonds. The Morgan fingerprint density at radius 2 is 0.784 bits per heavy atom. The van der Waals surface area contributed by atoms with Crippen LogP contribution in [0.25, 0.3) is 0 Å². The van der Waals surface area contributed by atoms with Gasteiger partial charge in [0.15, 0.2) is 0 Å². The van der Waals surface area contributed by atoms with Crippen LogP contribution >= 0.6 is 0 Å². The molecule has 3 aliphatic carbocycles. The fourth-order valence-electron chi connectivity index (χ4n) is 15.5. The maximum absolute atomic E-state index is 2.76. The molecule has 5 aliphatic rings. The van der Waals surface area contributed by atoms with Gasteiger partial charge in [0.1, 0.15) is 0 Å². The van der Waals surface area contributed by atoms with Crippen molar-refractivity contribution in [3.05, 3.63) is 177 Å². The second-order valence-electron chi connectivity index (χ2n) is 28.5. The first-order valence-electron chi connectivity index (χ1n) is 27.9. The van der Waals surface area contributed by atoms with Gasteiger partial charge in [-0.25, -0.2) is 0 Å². The van der Waals surface area contributed by atoms with E-state index in [1.54, 1.807) is 0 Å². The number of anilines is 9. The molecule has 74 heavy (non-hydrogen) atoms. The van der Waals surface area contributed by atoms with Gasteiger partial charge in [0.05, 0.1) is 5.69 Å². The number of rotatable bonds is 5. The molecule has 0 aromatic heterocycles. The highest BCUT2D eigenvalue weighted by atomic mass is 15.2. The first kappa shape index (κ1) is 48.9. The van der Waals surface area contributed by atoms with Gasteiger partial charge in [-0.2, -0.15) is 0 Å². The van der Waals surface area contributed by atoms with Gasteiger partial charge in [-0.3, -0.25) is 0 Å². The lowest BCUT2D eigenvalue weighted by Crippen LogP contribution is -2.62. The fourth-order valence-corrected chi connectivity index (χ4v) is 15.5. The summed E-state index contributed by atoms with van der Waals surface area (Å²) in [6.45, 7) is 41.6. The van der Waals surface area contributed by atoms with Crippen molar-refractivity contribution in [2.45, 2.75) is 181 Å². The highest BCUT2D eigenvalue weighted by Crippen LogP contribution is 2.57. The molecule has 2 heterocycles. The molecule has 0 N–H and O–H groups in total. The minimum atomic E-state index is -0.0617. The van der Waals surface area contributed by atoms with Crippen LogP contribution in [0.2, 0.25) is 0 Å².